The molecule has 1 unspecified atom stereocenters. The van der Waals surface area contributed by atoms with Crippen LogP contribution in [0.15, 0.2) is 49.1 Å². The zero-order valence-corrected chi connectivity index (χ0v) is 15.2. The summed E-state index contributed by atoms with van der Waals surface area (Å²) in [7, 11) is 1.13. The zero-order valence-electron chi connectivity index (χ0n) is 14.5. The van der Waals surface area contributed by atoms with E-state index in [1.54, 1.807) is 0 Å². The Kier molecular flexibility index (Phi) is 5.57. The van der Waals surface area contributed by atoms with E-state index in [1.165, 1.54) is 41.6 Å². The zero-order chi connectivity index (χ0) is 20.3. The molecule has 1 aromatic heterocycles. The monoisotopic (exact) mass is 409 g/mol. The van der Waals surface area contributed by atoms with Crippen LogP contribution in [0.3, 0.4) is 0 Å². The quantitative estimate of drug-likeness (QED) is 0.630. The number of aromatic nitrogens is 3. The molecule has 2 aromatic carbocycles. The summed E-state index contributed by atoms with van der Waals surface area (Å²) in [6.45, 7) is -0.289. The molecule has 0 amide bonds. The molecule has 3 aromatic rings. The minimum absolute atomic E-state index is 0.00639. The predicted octanol–water partition coefficient (Wildman–Crippen LogP) is 3.06. The van der Waals surface area contributed by atoms with Gasteiger partial charge in [0.2, 0.25) is 5.60 Å². The van der Waals surface area contributed by atoms with E-state index in [-0.39, 0.29) is 28.6 Å². The van der Waals surface area contributed by atoms with Gasteiger partial charge in [-0.3, -0.25) is 0 Å². The molecule has 0 bridgehead atoms. The third-order valence-corrected chi connectivity index (χ3v) is 4.21. The van der Waals surface area contributed by atoms with Crippen LogP contribution in [-0.2, 0) is 21.7 Å². The van der Waals surface area contributed by atoms with Gasteiger partial charge in [-0.05, 0) is 24.3 Å². The fourth-order valence-electron chi connectivity index (χ4n) is 2.55. The van der Waals surface area contributed by atoms with Gasteiger partial charge in [-0.25, -0.2) is 23.2 Å². The van der Waals surface area contributed by atoms with Gasteiger partial charge in [0.15, 0.2) is 11.6 Å². The van der Waals surface area contributed by atoms with Crippen molar-refractivity contribution >= 4 is 17.6 Å². The van der Waals surface area contributed by atoms with E-state index in [1.807, 2.05) is 0 Å². The smallest absolute Gasteiger partial charge is 0.344 e. The molecule has 10 heteroatoms. The number of hydrogen-bond donors (Lipinski definition) is 1. The Labute approximate surface area is 163 Å². The lowest BCUT2D eigenvalue weighted by Gasteiger charge is -2.26. The fourth-order valence-corrected chi connectivity index (χ4v) is 2.88. The lowest BCUT2D eigenvalue weighted by atomic mass is 9.93. The third kappa shape index (κ3) is 3.95. The summed E-state index contributed by atoms with van der Waals surface area (Å²) in [6.07, 6.45) is 2.57. The van der Waals surface area contributed by atoms with Crippen LogP contribution in [-0.4, -0.2) is 33.0 Å². The topological polar surface area (TPSA) is 86.5 Å². The predicted molar refractivity (Wildman–Crippen MR) is 93.8 cm³/mol. The highest BCUT2D eigenvalue weighted by Gasteiger charge is 2.42. The highest BCUT2D eigenvalue weighted by atomic mass is 35.5. The van der Waals surface area contributed by atoms with E-state index in [0.717, 1.165) is 19.2 Å². The van der Waals surface area contributed by atoms with Crippen LogP contribution in [0.4, 0.5) is 8.78 Å². The number of carbonyl (C=O) groups is 1. The summed E-state index contributed by atoms with van der Waals surface area (Å²) in [5.74, 6) is -2.77. The molecule has 3 rings (SSSR count). The number of benzene rings is 2. The standard InChI is InChI=1S/C18H14ClF2N3O4/c1-27-17(25)18(26,8-24-10-22-9-23-24)13-4-2-11(6-14(13)19)28-12-3-5-15(20)16(21)7-12/h2-7,9-10,26H,8H2,1H3. The van der Waals surface area contributed by atoms with Gasteiger partial charge in [-0.15, -0.1) is 0 Å². The van der Waals surface area contributed by atoms with Gasteiger partial charge < -0.3 is 14.6 Å². The molecule has 1 atom stereocenters. The SMILES string of the molecule is COC(=O)C(O)(Cn1cncn1)c1ccc(Oc2ccc(F)c(F)c2)cc1Cl. The van der Waals surface area contributed by atoms with E-state index in [2.05, 4.69) is 10.1 Å². The molecule has 0 spiro atoms. The first kappa shape index (κ1) is 19.7. The maximum absolute atomic E-state index is 13.3. The molecular weight excluding hydrogens is 396 g/mol. The van der Waals surface area contributed by atoms with Gasteiger partial charge in [0, 0.05) is 11.6 Å². The molecule has 0 aliphatic rings. The Bertz CT molecular complexity index is 1000. The van der Waals surface area contributed by atoms with Crippen molar-refractivity contribution in [1.29, 1.82) is 0 Å². The van der Waals surface area contributed by atoms with Crippen LogP contribution < -0.4 is 4.74 Å². The summed E-state index contributed by atoms with van der Waals surface area (Å²) >= 11 is 6.25. The molecule has 0 fully saturated rings. The second-order valence-corrected chi connectivity index (χ2v) is 6.17. The van der Waals surface area contributed by atoms with Crippen molar-refractivity contribution in [2.75, 3.05) is 7.11 Å². The van der Waals surface area contributed by atoms with E-state index < -0.39 is 23.2 Å². The minimum Gasteiger partial charge on any atom is -0.467 e. The first-order chi connectivity index (χ1) is 13.3. The van der Waals surface area contributed by atoms with Gasteiger partial charge in [0.05, 0.1) is 18.7 Å². The van der Waals surface area contributed by atoms with Crippen molar-refractivity contribution in [1.82, 2.24) is 14.8 Å². The van der Waals surface area contributed by atoms with E-state index >= 15 is 0 Å². The van der Waals surface area contributed by atoms with Gasteiger partial charge in [0.1, 0.15) is 24.2 Å². The Morgan fingerprint density at radius 3 is 2.54 bits per heavy atom. The number of hydrogen-bond acceptors (Lipinski definition) is 6. The summed E-state index contributed by atoms with van der Waals surface area (Å²) in [5, 5.41) is 14.8. The van der Waals surface area contributed by atoms with E-state index in [9.17, 15) is 18.7 Å². The summed E-state index contributed by atoms with van der Waals surface area (Å²) in [5.41, 5.74) is -2.09. The third-order valence-electron chi connectivity index (χ3n) is 3.89. The number of halogens is 3. The summed E-state index contributed by atoms with van der Waals surface area (Å²) in [6, 6.07) is 7.16. The van der Waals surface area contributed by atoms with Gasteiger partial charge in [-0.2, -0.15) is 5.10 Å². The Morgan fingerprint density at radius 2 is 1.93 bits per heavy atom. The molecule has 0 saturated heterocycles. The number of esters is 1. The van der Waals surface area contributed by atoms with Crippen molar-refractivity contribution in [3.8, 4) is 11.5 Å². The highest BCUT2D eigenvalue weighted by Crippen LogP contribution is 2.35. The molecule has 146 valence electrons. The van der Waals surface area contributed by atoms with Crippen LogP contribution in [0.1, 0.15) is 5.56 Å². The summed E-state index contributed by atoms with van der Waals surface area (Å²) < 4.78 is 37.7. The lowest BCUT2D eigenvalue weighted by molar-refractivity contribution is -0.165. The van der Waals surface area contributed by atoms with Crippen molar-refractivity contribution in [2.45, 2.75) is 12.1 Å². The molecule has 0 aliphatic carbocycles. The first-order valence-corrected chi connectivity index (χ1v) is 8.27. The number of aliphatic hydroxyl groups is 1. The second kappa shape index (κ2) is 7.91. The molecule has 7 nitrogen and oxygen atoms in total. The van der Waals surface area contributed by atoms with Crippen molar-refractivity contribution in [3.05, 3.63) is 71.3 Å². The van der Waals surface area contributed by atoms with Crippen LogP contribution in [0, 0.1) is 11.6 Å². The van der Waals surface area contributed by atoms with Gasteiger partial charge in [0.25, 0.3) is 0 Å². The van der Waals surface area contributed by atoms with Crippen LogP contribution in [0.5, 0.6) is 11.5 Å². The Morgan fingerprint density at radius 1 is 1.21 bits per heavy atom. The van der Waals surface area contributed by atoms with Gasteiger partial charge >= 0.3 is 5.97 Å². The number of ether oxygens (including phenoxy) is 2. The molecule has 0 radical (unpaired) electrons. The van der Waals surface area contributed by atoms with Gasteiger partial charge in [-0.1, -0.05) is 17.7 Å². The number of methoxy groups -OCH3 is 1. The number of carbonyl (C=O) groups excluding carboxylic acids is 1. The normalized spacial score (nSPS) is 13.0. The van der Waals surface area contributed by atoms with Crippen LogP contribution in [0.25, 0.3) is 0 Å². The van der Waals surface area contributed by atoms with Crippen LogP contribution >= 0.6 is 11.6 Å². The second-order valence-electron chi connectivity index (χ2n) is 5.76. The fraction of sp³-hybridized carbons (Fsp3) is 0.167. The minimum atomic E-state index is -2.14. The highest BCUT2D eigenvalue weighted by molar-refractivity contribution is 6.31. The Balaban J connectivity index is 1.92. The number of rotatable bonds is 6. The number of nitrogens with zero attached hydrogens (tertiary/aromatic N) is 3. The molecule has 0 saturated carbocycles. The summed E-state index contributed by atoms with van der Waals surface area (Å²) in [4.78, 5) is 16.0. The molecule has 28 heavy (non-hydrogen) atoms. The Hall–Kier alpha value is -3.04. The van der Waals surface area contributed by atoms with E-state index in [4.69, 9.17) is 21.1 Å². The van der Waals surface area contributed by atoms with E-state index in [0.29, 0.717) is 0 Å². The van der Waals surface area contributed by atoms with Crippen molar-refractivity contribution in [3.63, 3.8) is 0 Å². The molecule has 1 heterocycles. The first-order valence-electron chi connectivity index (χ1n) is 7.89. The largest absolute Gasteiger partial charge is 0.467 e. The maximum atomic E-state index is 13.3. The average molecular weight is 410 g/mol. The van der Waals surface area contributed by atoms with Crippen molar-refractivity contribution in [2.24, 2.45) is 0 Å². The molecular formula is C18H14ClF2N3O4. The lowest BCUT2D eigenvalue weighted by Crippen LogP contribution is -2.41. The maximum Gasteiger partial charge on any atom is 0.344 e. The molecule has 0 aliphatic heterocycles. The molecule has 1 N–H and O–H groups in total. The van der Waals surface area contributed by atoms with Crippen LogP contribution in [0.2, 0.25) is 5.02 Å². The average Bonchev–Trinajstić information content (AvgIpc) is 3.16. The van der Waals surface area contributed by atoms with Crippen molar-refractivity contribution < 1.29 is 28.2 Å².